The zero-order valence-electron chi connectivity index (χ0n) is 20.4. The van der Waals surface area contributed by atoms with Gasteiger partial charge in [-0.1, -0.05) is 29.3 Å². The number of halogens is 2. The van der Waals surface area contributed by atoms with E-state index in [1.54, 1.807) is 45.6 Å². The van der Waals surface area contributed by atoms with Crippen molar-refractivity contribution in [3.63, 3.8) is 0 Å². The van der Waals surface area contributed by atoms with Crippen LogP contribution in [0.5, 0.6) is 17.2 Å². The van der Waals surface area contributed by atoms with Gasteiger partial charge >= 0.3 is 0 Å². The van der Waals surface area contributed by atoms with E-state index in [1.165, 1.54) is 5.01 Å². The molecule has 5 rings (SSSR count). The molecule has 0 N–H and O–H groups in total. The second-order valence-corrected chi connectivity index (χ2v) is 9.22. The molecule has 3 aromatic carbocycles. The molecule has 37 heavy (non-hydrogen) atoms. The largest absolute Gasteiger partial charge is 0.497 e. The minimum Gasteiger partial charge on any atom is -0.497 e. The molecule has 0 radical (unpaired) electrons. The van der Waals surface area contributed by atoms with Crippen molar-refractivity contribution >= 4 is 45.7 Å². The van der Waals surface area contributed by atoms with Crippen LogP contribution in [0.15, 0.2) is 71.8 Å². The SMILES string of the molecule is COc1ccc2nc(Cl)c(C3CC(c4ccc(OC)c(OC)c4)=NN3C(=O)c3cccc(Cl)c3)cc2c1. The third kappa shape index (κ3) is 4.80. The van der Waals surface area contributed by atoms with Crippen LogP contribution in [0.4, 0.5) is 0 Å². The number of hydrogen-bond donors (Lipinski definition) is 0. The second kappa shape index (κ2) is 10.3. The van der Waals surface area contributed by atoms with Crippen LogP contribution in [0.3, 0.4) is 0 Å². The van der Waals surface area contributed by atoms with Gasteiger partial charge in [-0.2, -0.15) is 5.10 Å². The van der Waals surface area contributed by atoms with Crippen LogP contribution >= 0.6 is 23.2 Å². The predicted octanol–water partition coefficient (Wildman–Crippen LogP) is 6.56. The summed E-state index contributed by atoms with van der Waals surface area (Å²) < 4.78 is 16.2. The standard InChI is InChI=1S/C28H23Cl2N3O4/c1-35-20-8-9-22-18(12-20)13-21(27(30)31-22)24-15-23(16-7-10-25(36-2)26(14-16)37-3)32-33(24)28(34)17-5-4-6-19(29)11-17/h4-14,24H,15H2,1-3H3. The Labute approximate surface area is 224 Å². The minimum atomic E-state index is -0.495. The zero-order chi connectivity index (χ0) is 26.1. The van der Waals surface area contributed by atoms with Gasteiger partial charge in [0, 0.05) is 33.5 Å². The molecule has 9 heteroatoms. The Morgan fingerprint density at radius 2 is 1.73 bits per heavy atom. The van der Waals surface area contributed by atoms with Crippen LogP contribution in [0.2, 0.25) is 10.2 Å². The number of fused-ring (bicyclic) bond motifs is 1. The van der Waals surface area contributed by atoms with Gasteiger partial charge in [-0.05, 0) is 60.7 Å². The van der Waals surface area contributed by atoms with E-state index in [2.05, 4.69) is 4.98 Å². The van der Waals surface area contributed by atoms with Crippen molar-refractivity contribution in [1.82, 2.24) is 9.99 Å². The van der Waals surface area contributed by atoms with E-state index in [0.717, 1.165) is 16.5 Å². The average Bonchev–Trinajstić information content (AvgIpc) is 3.36. The fourth-order valence-corrected chi connectivity index (χ4v) is 4.85. The minimum absolute atomic E-state index is 0.301. The van der Waals surface area contributed by atoms with Gasteiger partial charge in [-0.15, -0.1) is 0 Å². The van der Waals surface area contributed by atoms with E-state index in [-0.39, 0.29) is 5.91 Å². The quantitative estimate of drug-likeness (QED) is 0.261. The summed E-state index contributed by atoms with van der Waals surface area (Å²) in [6, 6.07) is 19.3. The highest BCUT2D eigenvalue weighted by molar-refractivity contribution is 6.31. The third-order valence-corrected chi connectivity index (χ3v) is 6.81. The smallest absolute Gasteiger partial charge is 0.274 e. The fourth-order valence-electron chi connectivity index (χ4n) is 4.39. The van der Waals surface area contributed by atoms with Crippen molar-refractivity contribution in [3.8, 4) is 17.2 Å². The Balaban J connectivity index is 1.61. The zero-order valence-corrected chi connectivity index (χ0v) is 21.9. The number of pyridine rings is 1. The number of benzene rings is 3. The Kier molecular flexibility index (Phi) is 6.91. The molecule has 0 spiro atoms. The van der Waals surface area contributed by atoms with E-state index in [9.17, 15) is 4.79 Å². The molecule has 1 aliphatic rings. The summed E-state index contributed by atoms with van der Waals surface area (Å²) in [5.41, 5.74) is 3.32. The van der Waals surface area contributed by atoms with Gasteiger partial charge in [0.2, 0.25) is 0 Å². The summed E-state index contributed by atoms with van der Waals surface area (Å²) in [4.78, 5) is 18.3. The number of rotatable bonds is 6. The molecule has 188 valence electrons. The first-order valence-corrected chi connectivity index (χ1v) is 12.2. The highest BCUT2D eigenvalue weighted by Gasteiger charge is 2.36. The number of aromatic nitrogens is 1. The summed E-state index contributed by atoms with van der Waals surface area (Å²) in [6.07, 6.45) is 0.415. The monoisotopic (exact) mass is 535 g/mol. The molecule has 1 amide bonds. The lowest BCUT2D eigenvalue weighted by molar-refractivity contribution is 0.0711. The van der Waals surface area contributed by atoms with Crippen molar-refractivity contribution in [2.75, 3.05) is 21.3 Å². The van der Waals surface area contributed by atoms with Crippen molar-refractivity contribution < 1.29 is 19.0 Å². The highest BCUT2D eigenvalue weighted by Crippen LogP contribution is 2.39. The van der Waals surface area contributed by atoms with Crippen LogP contribution in [-0.4, -0.2) is 42.9 Å². The van der Waals surface area contributed by atoms with Gasteiger partial charge in [-0.25, -0.2) is 9.99 Å². The first kappa shape index (κ1) is 24.9. The molecule has 4 aromatic rings. The number of methoxy groups -OCH3 is 3. The van der Waals surface area contributed by atoms with E-state index in [0.29, 0.717) is 50.7 Å². The molecule has 1 aromatic heterocycles. The van der Waals surface area contributed by atoms with Crippen molar-refractivity contribution in [3.05, 3.63) is 93.6 Å². The summed E-state index contributed by atoms with van der Waals surface area (Å²) in [5, 5.41) is 7.81. The molecule has 1 atom stereocenters. The molecule has 1 aliphatic heterocycles. The van der Waals surface area contributed by atoms with Gasteiger partial charge in [0.25, 0.3) is 5.91 Å². The molecule has 0 saturated carbocycles. The van der Waals surface area contributed by atoms with E-state index >= 15 is 0 Å². The molecular formula is C28H23Cl2N3O4. The first-order chi connectivity index (χ1) is 17.9. The number of hydrogen-bond acceptors (Lipinski definition) is 6. The Hall–Kier alpha value is -3.81. The third-order valence-electron chi connectivity index (χ3n) is 6.27. The maximum absolute atomic E-state index is 13.7. The molecule has 0 aliphatic carbocycles. The van der Waals surface area contributed by atoms with Gasteiger partial charge in [0.05, 0.1) is 38.6 Å². The summed E-state index contributed by atoms with van der Waals surface area (Å²) in [6.45, 7) is 0. The topological polar surface area (TPSA) is 73.2 Å². The van der Waals surface area contributed by atoms with Crippen molar-refractivity contribution in [1.29, 1.82) is 0 Å². The molecular weight excluding hydrogens is 513 g/mol. The van der Waals surface area contributed by atoms with Crippen LogP contribution in [-0.2, 0) is 0 Å². The number of ether oxygens (including phenoxy) is 3. The van der Waals surface area contributed by atoms with Gasteiger partial charge in [-0.3, -0.25) is 4.79 Å². The molecule has 2 heterocycles. The second-order valence-electron chi connectivity index (χ2n) is 8.42. The number of carbonyl (C=O) groups is 1. The highest BCUT2D eigenvalue weighted by atomic mass is 35.5. The van der Waals surface area contributed by atoms with Gasteiger partial charge < -0.3 is 14.2 Å². The molecule has 0 fully saturated rings. The van der Waals surface area contributed by atoms with Crippen molar-refractivity contribution in [2.24, 2.45) is 5.10 Å². The van der Waals surface area contributed by atoms with E-state index in [4.69, 9.17) is 42.5 Å². The number of amides is 1. The lowest BCUT2D eigenvalue weighted by Gasteiger charge is -2.23. The summed E-state index contributed by atoms with van der Waals surface area (Å²) in [5.74, 6) is 1.56. The maximum atomic E-state index is 13.7. The summed E-state index contributed by atoms with van der Waals surface area (Å²) in [7, 11) is 4.76. The van der Waals surface area contributed by atoms with E-state index < -0.39 is 6.04 Å². The molecule has 1 unspecified atom stereocenters. The predicted molar refractivity (Wildman–Crippen MR) is 144 cm³/mol. The Bertz CT molecular complexity index is 1540. The lowest BCUT2D eigenvalue weighted by Crippen LogP contribution is -2.27. The molecule has 7 nitrogen and oxygen atoms in total. The maximum Gasteiger partial charge on any atom is 0.274 e. The normalized spacial score (nSPS) is 15.0. The van der Waals surface area contributed by atoms with E-state index in [1.807, 2.05) is 42.5 Å². The Morgan fingerprint density at radius 1 is 0.919 bits per heavy atom. The molecule has 0 bridgehead atoms. The van der Waals surface area contributed by atoms with Crippen molar-refractivity contribution in [2.45, 2.75) is 12.5 Å². The van der Waals surface area contributed by atoms with Crippen LogP contribution in [0.25, 0.3) is 10.9 Å². The summed E-state index contributed by atoms with van der Waals surface area (Å²) >= 11 is 12.9. The molecule has 0 saturated heterocycles. The number of hydrazone groups is 1. The lowest BCUT2D eigenvalue weighted by atomic mass is 9.97. The number of nitrogens with zero attached hydrogens (tertiary/aromatic N) is 3. The van der Waals surface area contributed by atoms with Gasteiger partial charge in [0.15, 0.2) is 11.5 Å². The van der Waals surface area contributed by atoms with Crippen LogP contribution in [0, 0.1) is 0 Å². The average molecular weight is 536 g/mol. The van der Waals surface area contributed by atoms with Gasteiger partial charge in [0.1, 0.15) is 10.9 Å². The van der Waals surface area contributed by atoms with Crippen LogP contribution < -0.4 is 14.2 Å². The fraction of sp³-hybridized carbons (Fsp3) is 0.179. The number of carbonyl (C=O) groups excluding carboxylic acids is 1. The Morgan fingerprint density at radius 3 is 2.46 bits per heavy atom. The van der Waals surface area contributed by atoms with Crippen LogP contribution in [0.1, 0.15) is 33.9 Å². The first-order valence-electron chi connectivity index (χ1n) is 11.4.